The van der Waals surface area contributed by atoms with Crippen molar-refractivity contribution in [3.63, 3.8) is 0 Å². The average molecular weight is 223 g/mol. The maximum absolute atomic E-state index is 4.37. The van der Waals surface area contributed by atoms with E-state index < -0.39 is 0 Å². The van der Waals surface area contributed by atoms with Crippen LogP contribution in [0, 0.1) is 5.92 Å². The highest BCUT2D eigenvalue weighted by molar-refractivity contribution is 5.03. The van der Waals surface area contributed by atoms with E-state index in [0.717, 1.165) is 19.0 Å². The summed E-state index contributed by atoms with van der Waals surface area (Å²) in [6.45, 7) is 12.9. The standard InChI is InChI=1S/C13H25N3/c1-11(2)6-7-16-10-12(9-15-16)8-14-13(3,4)5/h9-11,14H,6-8H2,1-5H3. The normalized spacial score (nSPS) is 12.4. The largest absolute Gasteiger partial charge is 0.308 e. The smallest absolute Gasteiger partial charge is 0.0534 e. The molecule has 1 aromatic heterocycles. The number of hydrogen-bond acceptors (Lipinski definition) is 2. The molecule has 0 radical (unpaired) electrons. The van der Waals surface area contributed by atoms with Crippen LogP contribution in [0.1, 0.15) is 46.6 Å². The van der Waals surface area contributed by atoms with E-state index in [9.17, 15) is 0 Å². The number of hydrogen-bond donors (Lipinski definition) is 1. The Morgan fingerprint density at radius 1 is 1.38 bits per heavy atom. The zero-order valence-corrected chi connectivity index (χ0v) is 11.2. The van der Waals surface area contributed by atoms with Crippen LogP contribution in [0.5, 0.6) is 0 Å². The lowest BCUT2D eigenvalue weighted by atomic mass is 10.1. The minimum Gasteiger partial charge on any atom is -0.308 e. The molecule has 16 heavy (non-hydrogen) atoms. The van der Waals surface area contributed by atoms with Gasteiger partial charge in [0.15, 0.2) is 0 Å². The van der Waals surface area contributed by atoms with Crippen molar-refractivity contribution in [2.75, 3.05) is 0 Å². The third kappa shape index (κ3) is 5.31. The summed E-state index contributed by atoms with van der Waals surface area (Å²) in [5.74, 6) is 0.736. The van der Waals surface area contributed by atoms with Crippen LogP contribution in [0.4, 0.5) is 0 Å². The molecule has 3 heteroatoms. The van der Waals surface area contributed by atoms with Gasteiger partial charge in [-0.15, -0.1) is 0 Å². The van der Waals surface area contributed by atoms with Gasteiger partial charge in [0.05, 0.1) is 6.20 Å². The van der Waals surface area contributed by atoms with Gasteiger partial charge in [-0.05, 0) is 33.1 Å². The third-order valence-electron chi connectivity index (χ3n) is 2.45. The zero-order valence-electron chi connectivity index (χ0n) is 11.2. The molecular weight excluding hydrogens is 198 g/mol. The molecule has 0 aromatic carbocycles. The van der Waals surface area contributed by atoms with E-state index in [1.165, 1.54) is 12.0 Å². The van der Waals surface area contributed by atoms with Gasteiger partial charge in [-0.25, -0.2) is 0 Å². The average Bonchev–Trinajstić information content (AvgIpc) is 2.58. The van der Waals surface area contributed by atoms with Crippen LogP contribution >= 0.6 is 0 Å². The molecule has 0 saturated heterocycles. The highest BCUT2D eigenvalue weighted by Gasteiger charge is 2.09. The molecule has 0 saturated carbocycles. The molecule has 0 aliphatic heterocycles. The Morgan fingerprint density at radius 3 is 2.62 bits per heavy atom. The maximum atomic E-state index is 4.37. The Kier molecular flexibility index (Phi) is 4.54. The summed E-state index contributed by atoms with van der Waals surface area (Å²) in [6.07, 6.45) is 5.29. The quantitative estimate of drug-likeness (QED) is 0.832. The molecule has 0 unspecified atom stereocenters. The Balaban J connectivity index is 2.39. The van der Waals surface area contributed by atoms with Gasteiger partial charge >= 0.3 is 0 Å². The van der Waals surface area contributed by atoms with Crippen LogP contribution in [-0.2, 0) is 13.1 Å². The number of nitrogens with one attached hydrogen (secondary N) is 1. The molecule has 0 bridgehead atoms. The van der Waals surface area contributed by atoms with Crippen LogP contribution in [0.25, 0.3) is 0 Å². The van der Waals surface area contributed by atoms with Crippen molar-refractivity contribution in [1.29, 1.82) is 0 Å². The molecule has 1 N–H and O–H groups in total. The Hall–Kier alpha value is -0.830. The van der Waals surface area contributed by atoms with E-state index in [1.807, 2.05) is 10.9 Å². The van der Waals surface area contributed by atoms with Crippen LogP contribution in [0.2, 0.25) is 0 Å². The second kappa shape index (κ2) is 5.48. The second-order valence-corrected chi connectivity index (χ2v) is 5.90. The van der Waals surface area contributed by atoms with E-state index in [4.69, 9.17) is 0 Å². The van der Waals surface area contributed by atoms with Crippen molar-refractivity contribution >= 4 is 0 Å². The fourth-order valence-corrected chi connectivity index (χ4v) is 1.38. The van der Waals surface area contributed by atoms with Crippen molar-refractivity contribution in [3.05, 3.63) is 18.0 Å². The van der Waals surface area contributed by atoms with Crippen molar-refractivity contribution in [2.24, 2.45) is 5.92 Å². The summed E-state index contributed by atoms with van der Waals surface area (Å²) in [6, 6.07) is 0. The molecule has 3 nitrogen and oxygen atoms in total. The summed E-state index contributed by atoms with van der Waals surface area (Å²) >= 11 is 0. The molecule has 0 aliphatic carbocycles. The first-order valence-corrected chi connectivity index (χ1v) is 6.13. The monoisotopic (exact) mass is 223 g/mol. The highest BCUT2D eigenvalue weighted by atomic mass is 15.3. The fraction of sp³-hybridized carbons (Fsp3) is 0.769. The van der Waals surface area contributed by atoms with Crippen LogP contribution in [0.3, 0.4) is 0 Å². The maximum Gasteiger partial charge on any atom is 0.0534 e. The summed E-state index contributed by atoms with van der Waals surface area (Å²) < 4.78 is 2.04. The second-order valence-electron chi connectivity index (χ2n) is 5.90. The Morgan fingerprint density at radius 2 is 2.06 bits per heavy atom. The Labute approximate surface area is 99.2 Å². The number of nitrogens with zero attached hydrogens (tertiary/aromatic N) is 2. The van der Waals surface area contributed by atoms with Crippen molar-refractivity contribution < 1.29 is 0 Å². The topological polar surface area (TPSA) is 29.9 Å². The minimum absolute atomic E-state index is 0.167. The molecular formula is C13H25N3. The summed E-state index contributed by atoms with van der Waals surface area (Å²) in [4.78, 5) is 0. The van der Waals surface area contributed by atoms with Gasteiger partial charge in [-0.1, -0.05) is 13.8 Å². The van der Waals surface area contributed by atoms with E-state index in [-0.39, 0.29) is 5.54 Å². The highest BCUT2D eigenvalue weighted by Crippen LogP contribution is 2.06. The first-order chi connectivity index (χ1) is 7.37. The molecule has 1 aromatic rings. The molecule has 0 spiro atoms. The van der Waals surface area contributed by atoms with Crippen LogP contribution in [0.15, 0.2) is 12.4 Å². The van der Waals surface area contributed by atoms with Crippen molar-refractivity contribution in [3.8, 4) is 0 Å². The third-order valence-corrected chi connectivity index (χ3v) is 2.45. The zero-order chi connectivity index (χ0) is 12.2. The van der Waals surface area contributed by atoms with E-state index >= 15 is 0 Å². The summed E-state index contributed by atoms with van der Waals surface area (Å²) in [5, 5.41) is 7.83. The molecule has 0 fully saturated rings. The SMILES string of the molecule is CC(C)CCn1cc(CNC(C)(C)C)cn1. The molecule has 1 rings (SSSR count). The van der Waals surface area contributed by atoms with Crippen molar-refractivity contribution in [1.82, 2.24) is 15.1 Å². The number of rotatable bonds is 5. The van der Waals surface area contributed by atoms with Gasteiger partial charge < -0.3 is 5.32 Å². The predicted octanol–water partition coefficient (Wildman–Crippen LogP) is 2.82. The van der Waals surface area contributed by atoms with Gasteiger partial charge in [0.25, 0.3) is 0 Å². The molecule has 92 valence electrons. The van der Waals surface area contributed by atoms with E-state index in [1.54, 1.807) is 0 Å². The van der Waals surface area contributed by atoms with Crippen molar-refractivity contribution in [2.45, 2.75) is 59.7 Å². The van der Waals surface area contributed by atoms with Gasteiger partial charge in [-0.2, -0.15) is 5.10 Å². The van der Waals surface area contributed by atoms with Gasteiger partial charge in [0.1, 0.15) is 0 Å². The van der Waals surface area contributed by atoms with Crippen LogP contribution in [-0.4, -0.2) is 15.3 Å². The lowest BCUT2D eigenvalue weighted by Gasteiger charge is -2.19. The van der Waals surface area contributed by atoms with Gasteiger partial charge in [0, 0.05) is 30.4 Å². The van der Waals surface area contributed by atoms with E-state index in [2.05, 4.69) is 51.2 Å². The summed E-state index contributed by atoms with van der Waals surface area (Å²) in [5.41, 5.74) is 1.43. The lowest BCUT2D eigenvalue weighted by molar-refractivity contribution is 0.424. The fourth-order valence-electron chi connectivity index (χ4n) is 1.38. The molecule has 0 amide bonds. The number of aryl methyl sites for hydroxylation is 1. The lowest BCUT2D eigenvalue weighted by Crippen LogP contribution is -2.34. The minimum atomic E-state index is 0.167. The molecule has 0 atom stereocenters. The van der Waals surface area contributed by atoms with Crippen LogP contribution < -0.4 is 5.32 Å². The summed E-state index contributed by atoms with van der Waals surface area (Å²) in [7, 11) is 0. The van der Waals surface area contributed by atoms with Gasteiger partial charge in [-0.3, -0.25) is 4.68 Å². The van der Waals surface area contributed by atoms with Gasteiger partial charge in [0.2, 0.25) is 0 Å². The van der Waals surface area contributed by atoms with E-state index in [0.29, 0.717) is 0 Å². The first kappa shape index (κ1) is 13.2. The Bertz CT molecular complexity index is 307. The predicted molar refractivity (Wildman–Crippen MR) is 68.3 cm³/mol. The molecule has 0 aliphatic rings. The first-order valence-electron chi connectivity index (χ1n) is 6.13. The number of aromatic nitrogens is 2. The molecule has 1 heterocycles.